The van der Waals surface area contributed by atoms with Crippen LogP contribution in [0.1, 0.15) is 69.9 Å². The lowest BCUT2D eigenvalue weighted by Gasteiger charge is -2.37. The van der Waals surface area contributed by atoms with Gasteiger partial charge in [-0.2, -0.15) is 0 Å². The molecule has 202 valence electrons. The first-order valence-electron chi connectivity index (χ1n) is 13.7. The Balaban J connectivity index is 1.41. The van der Waals surface area contributed by atoms with Crippen LogP contribution in [-0.4, -0.2) is 48.6 Å². The zero-order valence-corrected chi connectivity index (χ0v) is 23.2. The fourth-order valence-electron chi connectivity index (χ4n) is 7.70. The monoisotopic (exact) mass is 536 g/mol. The number of aromatic nitrogens is 1. The highest BCUT2D eigenvalue weighted by Crippen LogP contribution is 2.70. The molecule has 2 bridgehead atoms. The summed E-state index contributed by atoms with van der Waals surface area (Å²) >= 11 is 0. The van der Waals surface area contributed by atoms with Gasteiger partial charge in [0.2, 0.25) is 10.0 Å². The van der Waals surface area contributed by atoms with E-state index in [9.17, 15) is 13.2 Å². The number of ether oxygens (including phenoxy) is 2. The smallest absolute Gasteiger partial charge is 0.268 e. The van der Waals surface area contributed by atoms with Gasteiger partial charge in [-0.1, -0.05) is 19.9 Å². The van der Waals surface area contributed by atoms with Crippen LogP contribution in [0.15, 0.2) is 42.7 Å². The molecular formula is C30H36N2O5S. The number of sulfonamides is 1. The zero-order valence-electron chi connectivity index (χ0n) is 22.4. The van der Waals surface area contributed by atoms with Crippen molar-refractivity contribution in [3.63, 3.8) is 0 Å². The second-order valence-corrected chi connectivity index (χ2v) is 13.8. The number of hydrogen-bond acceptors (Lipinski definition) is 6. The fraction of sp³-hybridized carbons (Fsp3) is 0.533. The van der Waals surface area contributed by atoms with Crippen LogP contribution in [0.5, 0.6) is 11.5 Å². The van der Waals surface area contributed by atoms with Crippen LogP contribution in [0.25, 0.3) is 11.6 Å². The second kappa shape index (κ2) is 9.11. The van der Waals surface area contributed by atoms with Crippen LogP contribution in [0, 0.1) is 16.7 Å². The van der Waals surface area contributed by atoms with Crippen molar-refractivity contribution in [2.45, 2.75) is 70.9 Å². The third-order valence-electron chi connectivity index (χ3n) is 9.93. The Morgan fingerprint density at radius 2 is 1.82 bits per heavy atom. The normalized spacial score (nSPS) is 29.4. The molecule has 2 unspecified atom stereocenters. The molecule has 1 aromatic carbocycles. The van der Waals surface area contributed by atoms with Gasteiger partial charge >= 0.3 is 0 Å². The third kappa shape index (κ3) is 3.86. The summed E-state index contributed by atoms with van der Waals surface area (Å²) in [7, 11) is -2.14. The van der Waals surface area contributed by atoms with Crippen LogP contribution >= 0.6 is 0 Å². The molecule has 8 heteroatoms. The molecule has 1 spiro atoms. The number of fused-ring (bicyclic) bond motifs is 1. The maximum atomic E-state index is 14.3. The van der Waals surface area contributed by atoms with E-state index >= 15 is 0 Å². The van der Waals surface area contributed by atoms with Gasteiger partial charge in [-0.15, -0.1) is 0 Å². The number of methoxy groups -OCH3 is 1. The molecule has 2 aromatic rings. The minimum atomic E-state index is -3.76. The van der Waals surface area contributed by atoms with Gasteiger partial charge in [0.1, 0.15) is 0 Å². The van der Waals surface area contributed by atoms with Gasteiger partial charge in [0.15, 0.2) is 11.5 Å². The van der Waals surface area contributed by atoms with Crippen molar-refractivity contribution in [3.05, 3.63) is 53.9 Å². The van der Waals surface area contributed by atoms with E-state index in [1.54, 1.807) is 37.7 Å². The average Bonchev–Trinajstić information content (AvgIpc) is 3.60. The molecule has 1 saturated heterocycles. The zero-order chi connectivity index (χ0) is 26.7. The Labute approximate surface area is 225 Å². The van der Waals surface area contributed by atoms with Gasteiger partial charge in [0.25, 0.3) is 5.91 Å². The van der Waals surface area contributed by atoms with Crippen LogP contribution < -0.4 is 9.47 Å². The van der Waals surface area contributed by atoms with Crippen molar-refractivity contribution in [1.29, 1.82) is 0 Å². The second-order valence-electron chi connectivity index (χ2n) is 12.0. The SMILES string of the molecule is COc1ccc(C=C(C(=O)N2C3CC4CC[C@]3(CS2(=O)=O)C4(C)C)c2ccncc2)cc1OC1CCCC1. The van der Waals surface area contributed by atoms with E-state index in [1.165, 1.54) is 4.31 Å². The maximum absolute atomic E-state index is 14.3. The summed E-state index contributed by atoms with van der Waals surface area (Å²) < 4.78 is 40.3. The van der Waals surface area contributed by atoms with Crippen molar-refractivity contribution in [2.24, 2.45) is 16.7 Å². The molecule has 6 rings (SSSR count). The molecule has 3 saturated carbocycles. The first-order valence-corrected chi connectivity index (χ1v) is 15.3. The van der Waals surface area contributed by atoms with Crippen molar-refractivity contribution in [2.75, 3.05) is 12.9 Å². The van der Waals surface area contributed by atoms with Crippen molar-refractivity contribution >= 4 is 27.6 Å². The topological polar surface area (TPSA) is 85.8 Å². The highest BCUT2D eigenvalue weighted by molar-refractivity contribution is 7.90. The Hall–Kier alpha value is -2.87. The Kier molecular flexibility index (Phi) is 6.09. The lowest BCUT2D eigenvalue weighted by Crippen LogP contribution is -2.44. The molecule has 1 aliphatic heterocycles. The predicted molar refractivity (Wildman–Crippen MR) is 146 cm³/mol. The molecule has 2 heterocycles. The quantitative estimate of drug-likeness (QED) is 0.465. The number of nitrogens with zero attached hydrogens (tertiary/aromatic N) is 2. The lowest BCUT2D eigenvalue weighted by molar-refractivity contribution is -0.123. The number of amides is 1. The predicted octanol–water partition coefficient (Wildman–Crippen LogP) is 5.32. The summed E-state index contributed by atoms with van der Waals surface area (Å²) in [5.41, 5.74) is 1.24. The number of pyridine rings is 1. The highest BCUT2D eigenvalue weighted by Gasteiger charge is 2.72. The Morgan fingerprint density at radius 3 is 2.50 bits per heavy atom. The van der Waals surface area contributed by atoms with E-state index in [2.05, 4.69) is 18.8 Å². The van der Waals surface area contributed by atoms with Crippen LogP contribution in [0.4, 0.5) is 0 Å². The van der Waals surface area contributed by atoms with E-state index in [0.717, 1.165) is 50.5 Å². The average molecular weight is 537 g/mol. The third-order valence-corrected chi connectivity index (χ3v) is 11.8. The largest absolute Gasteiger partial charge is 0.493 e. The van der Waals surface area contributed by atoms with Gasteiger partial charge in [0.05, 0.1) is 25.0 Å². The summed E-state index contributed by atoms with van der Waals surface area (Å²) in [4.78, 5) is 18.4. The summed E-state index contributed by atoms with van der Waals surface area (Å²) in [6, 6.07) is 8.81. The van der Waals surface area contributed by atoms with Crippen LogP contribution in [-0.2, 0) is 14.8 Å². The van der Waals surface area contributed by atoms with Gasteiger partial charge in [-0.3, -0.25) is 9.78 Å². The molecule has 3 atom stereocenters. The van der Waals surface area contributed by atoms with E-state index in [0.29, 0.717) is 28.6 Å². The highest BCUT2D eigenvalue weighted by atomic mass is 32.2. The lowest BCUT2D eigenvalue weighted by atomic mass is 9.69. The molecule has 38 heavy (non-hydrogen) atoms. The fourth-order valence-corrected chi connectivity index (χ4v) is 10.2. The van der Waals surface area contributed by atoms with Crippen LogP contribution in [0.3, 0.4) is 0 Å². The number of hydrogen-bond donors (Lipinski definition) is 0. The molecule has 4 aliphatic rings. The number of benzene rings is 1. The van der Waals surface area contributed by atoms with E-state index in [1.807, 2.05) is 18.2 Å². The van der Waals surface area contributed by atoms with Crippen molar-refractivity contribution < 1.29 is 22.7 Å². The van der Waals surface area contributed by atoms with E-state index in [-0.39, 0.29) is 28.7 Å². The number of carbonyl (C=O) groups is 1. The minimum Gasteiger partial charge on any atom is -0.493 e. The summed E-state index contributed by atoms with van der Waals surface area (Å²) in [6.45, 7) is 4.38. The summed E-state index contributed by atoms with van der Waals surface area (Å²) in [5, 5.41) is 0. The van der Waals surface area contributed by atoms with Gasteiger partial charge in [0, 0.05) is 23.4 Å². The molecule has 0 radical (unpaired) electrons. The Bertz CT molecular complexity index is 1380. The molecule has 3 aliphatic carbocycles. The Morgan fingerprint density at radius 1 is 1.08 bits per heavy atom. The number of rotatable bonds is 6. The van der Waals surface area contributed by atoms with E-state index in [4.69, 9.17) is 9.47 Å². The maximum Gasteiger partial charge on any atom is 0.268 e. The molecule has 7 nitrogen and oxygen atoms in total. The number of carbonyl (C=O) groups excluding carboxylic acids is 1. The summed E-state index contributed by atoms with van der Waals surface area (Å²) in [6.07, 6.45) is 12.1. The van der Waals surface area contributed by atoms with Gasteiger partial charge in [-0.25, -0.2) is 12.7 Å². The first-order chi connectivity index (χ1) is 18.2. The minimum absolute atomic E-state index is 0.0471. The molecule has 1 aromatic heterocycles. The first kappa shape index (κ1) is 25.4. The molecule has 4 fully saturated rings. The molecule has 0 N–H and O–H groups in total. The van der Waals surface area contributed by atoms with Gasteiger partial charge in [-0.05, 0) is 97.7 Å². The van der Waals surface area contributed by atoms with Crippen molar-refractivity contribution in [1.82, 2.24) is 9.29 Å². The molecule has 1 amide bonds. The van der Waals surface area contributed by atoms with Crippen LogP contribution in [0.2, 0.25) is 0 Å². The summed E-state index contributed by atoms with van der Waals surface area (Å²) in [5.74, 6) is 1.29. The molecular weight excluding hydrogens is 500 g/mol. The standard InChI is InChI=1S/C30H36N2O5S/c1-29(2)22-10-13-30(29)19-38(34,35)32(27(30)18-22)28(33)24(21-11-14-31-15-12-21)16-20-8-9-25(36-3)26(17-20)37-23-6-4-5-7-23/h8-9,11-12,14-17,22-23,27H,4-7,10,13,18-19H2,1-3H3/t22?,27?,30-/m1/s1. The van der Waals surface area contributed by atoms with Gasteiger partial charge < -0.3 is 9.47 Å². The van der Waals surface area contributed by atoms with Crippen molar-refractivity contribution in [3.8, 4) is 11.5 Å². The van der Waals surface area contributed by atoms with E-state index < -0.39 is 15.9 Å².